The molecule has 0 atom stereocenters. The van der Waals surface area contributed by atoms with Crippen LogP contribution in [0, 0.1) is 6.92 Å². The summed E-state index contributed by atoms with van der Waals surface area (Å²) in [6.07, 6.45) is 4.35. The van der Waals surface area contributed by atoms with Gasteiger partial charge in [-0.1, -0.05) is 0 Å². The highest BCUT2D eigenvalue weighted by Crippen LogP contribution is 2.35. The summed E-state index contributed by atoms with van der Waals surface area (Å²) in [5, 5.41) is 12.4. The van der Waals surface area contributed by atoms with E-state index in [0.717, 1.165) is 27.9 Å². The number of anilines is 1. The minimum absolute atomic E-state index is 0.0936. The molecule has 0 saturated heterocycles. The lowest BCUT2D eigenvalue weighted by Crippen LogP contribution is -2.06. The smallest absolute Gasteiger partial charge is 0.306 e. The second-order valence-corrected chi connectivity index (χ2v) is 7.98. The van der Waals surface area contributed by atoms with Crippen molar-refractivity contribution in [3.63, 3.8) is 0 Å². The van der Waals surface area contributed by atoms with E-state index in [2.05, 4.69) is 10.3 Å². The topological polar surface area (TPSA) is 110 Å². The lowest BCUT2D eigenvalue weighted by Gasteiger charge is -2.09. The number of nitrogens with one attached hydrogen (secondary N) is 2. The normalized spacial score (nSPS) is 13.5. The largest absolute Gasteiger partial charge is 0.508 e. The van der Waals surface area contributed by atoms with Gasteiger partial charge in [0.1, 0.15) is 23.9 Å². The van der Waals surface area contributed by atoms with E-state index < -0.39 is 0 Å². The Bertz CT molecular complexity index is 1250. The number of amides is 1. The molecule has 34 heavy (non-hydrogen) atoms. The number of phenols is 1. The second kappa shape index (κ2) is 9.74. The fraction of sp³-hybridized carbons (Fsp3) is 0.231. The lowest BCUT2D eigenvalue weighted by molar-refractivity contribution is -0.144. The maximum atomic E-state index is 12.4. The average Bonchev–Trinajstić information content (AvgIpc) is 3.34. The van der Waals surface area contributed by atoms with E-state index in [1.807, 2.05) is 13.1 Å². The molecule has 2 heterocycles. The molecule has 8 heteroatoms. The van der Waals surface area contributed by atoms with Gasteiger partial charge in [0.2, 0.25) is 0 Å². The van der Waals surface area contributed by atoms with Crippen LogP contribution in [0.1, 0.15) is 34.4 Å². The summed E-state index contributed by atoms with van der Waals surface area (Å²) in [7, 11) is 3.13. The van der Waals surface area contributed by atoms with Crippen molar-refractivity contribution in [2.75, 3.05) is 19.5 Å². The fourth-order valence-corrected chi connectivity index (χ4v) is 3.86. The molecule has 0 aliphatic carbocycles. The first kappa shape index (κ1) is 23.0. The number of phenolic OH excluding ortho intramolecular Hbond substituents is 1. The number of carbonyl (C=O) groups is 2. The summed E-state index contributed by atoms with van der Waals surface area (Å²) >= 11 is 0. The number of H-pyrrole nitrogens is 1. The molecule has 0 fully saturated rings. The number of aryl methyl sites for hydroxylation is 1. The Kier molecular flexibility index (Phi) is 6.58. The van der Waals surface area contributed by atoms with Crippen LogP contribution in [0.4, 0.5) is 5.69 Å². The molecule has 4 rings (SSSR count). The van der Waals surface area contributed by atoms with Gasteiger partial charge in [0.15, 0.2) is 0 Å². The third kappa shape index (κ3) is 4.91. The predicted octanol–water partition coefficient (Wildman–Crippen LogP) is 4.21. The Morgan fingerprint density at radius 3 is 2.53 bits per heavy atom. The number of carbonyl (C=O) groups excluding carboxylic acids is 2. The van der Waals surface area contributed by atoms with Crippen LogP contribution in [0.2, 0.25) is 0 Å². The van der Waals surface area contributed by atoms with Gasteiger partial charge in [0, 0.05) is 36.0 Å². The number of esters is 1. The molecule has 0 bridgehead atoms. The van der Waals surface area contributed by atoms with Gasteiger partial charge >= 0.3 is 5.97 Å². The zero-order valence-corrected chi connectivity index (χ0v) is 19.2. The van der Waals surface area contributed by atoms with Crippen LogP contribution in [0.3, 0.4) is 0 Å². The van der Waals surface area contributed by atoms with Crippen LogP contribution < -0.4 is 14.8 Å². The first-order chi connectivity index (χ1) is 16.4. The molecule has 1 aliphatic rings. The predicted molar refractivity (Wildman–Crippen MR) is 128 cm³/mol. The fourth-order valence-electron chi connectivity index (χ4n) is 3.86. The summed E-state index contributed by atoms with van der Waals surface area (Å²) in [6, 6.07) is 10.1. The second-order valence-electron chi connectivity index (χ2n) is 7.98. The number of aromatic nitrogens is 1. The molecule has 176 valence electrons. The van der Waals surface area contributed by atoms with Crippen molar-refractivity contribution in [3.8, 4) is 17.2 Å². The van der Waals surface area contributed by atoms with E-state index >= 15 is 0 Å². The monoisotopic (exact) mass is 462 g/mol. The highest BCUT2D eigenvalue weighted by Gasteiger charge is 2.25. The van der Waals surface area contributed by atoms with Crippen molar-refractivity contribution >= 4 is 29.2 Å². The van der Waals surface area contributed by atoms with Gasteiger partial charge in [0.25, 0.3) is 5.91 Å². The summed E-state index contributed by atoms with van der Waals surface area (Å²) < 4.78 is 15.9. The first-order valence-corrected chi connectivity index (χ1v) is 10.8. The van der Waals surface area contributed by atoms with Crippen LogP contribution >= 0.6 is 0 Å². The van der Waals surface area contributed by atoms with Gasteiger partial charge in [-0.2, -0.15) is 0 Å². The van der Waals surface area contributed by atoms with E-state index in [1.54, 1.807) is 50.6 Å². The first-order valence-electron chi connectivity index (χ1n) is 10.8. The Morgan fingerprint density at radius 2 is 1.82 bits per heavy atom. The van der Waals surface area contributed by atoms with Crippen LogP contribution in [0.5, 0.6) is 17.2 Å². The van der Waals surface area contributed by atoms with Gasteiger partial charge in [-0.25, -0.2) is 0 Å². The summed E-state index contributed by atoms with van der Waals surface area (Å²) in [5.74, 6) is 0.812. The van der Waals surface area contributed by atoms with E-state index in [-0.39, 0.29) is 30.7 Å². The zero-order valence-electron chi connectivity index (χ0n) is 19.2. The average molecular weight is 463 g/mol. The molecular weight excluding hydrogens is 436 g/mol. The number of rotatable bonds is 8. The van der Waals surface area contributed by atoms with Crippen molar-refractivity contribution < 1.29 is 28.9 Å². The number of hydrogen-bond acceptors (Lipinski definition) is 6. The van der Waals surface area contributed by atoms with E-state index in [1.165, 1.54) is 6.07 Å². The number of aromatic hydroxyl groups is 1. The number of benzene rings is 2. The molecule has 0 saturated carbocycles. The number of ether oxygens (including phenoxy) is 3. The maximum absolute atomic E-state index is 12.4. The standard InChI is InChI=1S/C26H26N2O6/c1-15-17(4-7-25(30)34-14-16-8-19(32-2)11-20(9-16)33-3)13-27-23(15)12-22-21-6-5-18(29)10-24(21)28-26(22)31/h5-6,8-13,27,29H,4,7,14H2,1-3H3,(H,28,31)/b22-12-. The minimum atomic E-state index is -0.314. The van der Waals surface area contributed by atoms with E-state index in [4.69, 9.17) is 14.2 Å². The third-order valence-electron chi connectivity index (χ3n) is 5.77. The molecule has 0 unspecified atom stereocenters. The van der Waals surface area contributed by atoms with E-state index in [0.29, 0.717) is 29.2 Å². The van der Waals surface area contributed by atoms with Crippen LogP contribution in [0.15, 0.2) is 42.6 Å². The Balaban J connectivity index is 1.38. The molecule has 0 spiro atoms. The van der Waals surface area contributed by atoms with Crippen LogP contribution in [0.25, 0.3) is 11.6 Å². The third-order valence-corrected chi connectivity index (χ3v) is 5.77. The molecular formula is C26H26N2O6. The molecule has 3 N–H and O–H groups in total. The van der Waals surface area contributed by atoms with Crippen molar-refractivity contribution in [2.24, 2.45) is 0 Å². The highest BCUT2D eigenvalue weighted by atomic mass is 16.5. The molecule has 0 radical (unpaired) electrons. The van der Waals surface area contributed by atoms with Gasteiger partial charge < -0.3 is 29.6 Å². The van der Waals surface area contributed by atoms with Gasteiger partial charge in [0.05, 0.1) is 25.5 Å². The van der Waals surface area contributed by atoms with Crippen molar-refractivity contribution in [1.29, 1.82) is 0 Å². The quantitative estimate of drug-likeness (QED) is 0.342. The molecule has 1 aromatic heterocycles. The van der Waals surface area contributed by atoms with Gasteiger partial charge in [-0.05, 0) is 60.4 Å². The molecule has 8 nitrogen and oxygen atoms in total. The van der Waals surface area contributed by atoms with Gasteiger partial charge in [-0.3, -0.25) is 9.59 Å². The minimum Gasteiger partial charge on any atom is -0.508 e. The maximum Gasteiger partial charge on any atom is 0.306 e. The van der Waals surface area contributed by atoms with E-state index in [9.17, 15) is 14.7 Å². The Labute approximate surface area is 197 Å². The number of methoxy groups -OCH3 is 2. The van der Waals surface area contributed by atoms with Crippen molar-refractivity contribution in [2.45, 2.75) is 26.4 Å². The Hall–Kier alpha value is -4.20. The SMILES string of the molecule is COc1cc(COC(=O)CCc2c[nH]c(/C=C3\C(=O)Nc4cc(O)ccc43)c2C)cc(OC)c1. The Morgan fingerprint density at radius 1 is 1.09 bits per heavy atom. The molecule has 2 aromatic carbocycles. The summed E-state index contributed by atoms with van der Waals surface area (Å²) in [6.45, 7) is 2.07. The van der Waals surface area contributed by atoms with Crippen molar-refractivity contribution in [3.05, 3.63) is 70.5 Å². The lowest BCUT2D eigenvalue weighted by atomic mass is 10.0. The highest BCUT2D eigenvalue weighted by molar-refractivity contribution is 6.34. The zero-order chi connectivity index (χ0) is 24.2. The van der Waals surface area contributed by atoms with Gasteiger partial charge in [-0.15, -0.1) is 0 Å². The number of aromatic amines is 1. The van der Waals surface area contributed by atoms with Crippen LogP contribution in [-0.4, -0.2) is 36.2 Å². The van der Waals surface area contributed by atoms with Crippen molar-refractivity contribution in [1.82, 2.24) is 4.98 Å². The molecule has 1 amide bonds. The number of fused-ring (bicyclic) bond motifs is 1. The molecule has 3 aromatic rings. The summed E-state index contributed by atoms with van der Waals surface area (Å²) in [5.41, 5.74) is 5.32. The molecule has 1 aliphatic heterocycles. The van der Waals surface area contributed by atoms with Crippen LogP contribution in [-0.2, 0) is 27.4 Å². The summed E-state index contributed by atoms with van der Waals surface area (Å²) in [4.78, 5) is 27.9. The number of hydrogen-bond donors (Lipinski definition) is 3.